The predicted molar refractivity (Wildman–Crippen MR) is 77.9 cm³/mol. The fourth-order valence-corrected chi connectivity index (χ4v) is 5.94. The maximum absolute atomic E-state index is 10.5. The second-order valence-electron chi connectivity index (χ2n) is 7.80. The molecule has 0 aromatic heterocycles. The number of ether oxygens (including phenoxy) is 1. The molecule has 2 saturated carbocycles. The van der Waals surface area contributed by atoms with Gasteiger partial charge in [0.05, 0.1) is 12.2 Å². The summed E-state index contributed by atoms with van der Waals surface area (Å²) in [5.74, 6) is 1.47. The fraction of sp³-hybridized carbons (Fsp3) is 0.667. The van der Waals surface area contributed by atoms with Gasteiger partial charge in [-0.3, -0.25) is 0 Å². The van der Waals surface area contributed by atoms with Gasteiger partial charge in [0.25, 0.3) is 0 Å². The molecule has 3 nitrogen and oxygen atoms in total. The Balaban J connectivity index is 1.63. The maximum atomic E-state index is 10.5. The average Bonchev–Trinajstić information content (AvgIpc) is 3.07. The van der Waals surface area contributed by atoms with Gasteiger partial charge in [0, 0.05) is 0 Å². The minimum Gasteiger partial charge on any atom is -0.508 e. The number of aryl methyl sites for hydroxylation is 1. The van der Waals surface area contributed by atoms with Gasteiger partial charge in [0.2, 0.25) is 0 Å². The van der Waals surface area contributed by atoms with Crippen LogP contribution in [0.25, 0.3) is 0 Å². The normalized spacial score (nSPS) is 49.8. The Labute approximate surface area is 124 Å². The number of aromatic hydroxyl groups is 1. The van der Waals surface area contributed by atoms with Crippen molar-refractivity contribution in [3.05, 3.63) is 29.3 Å². The van der Waals surface area contributed by atoms with Crippen LogP contribution in [0.3, 0.4) is 0 Å². The number of rotatable bonds is 0. The zero-order chi connectivity index (χ0) is 14.4. The number of hydrogen-bond acceptors (Lipinski definition) is 3. The molecule has 1 heterocycles. The molecule has 21 heavy (non-hydrogen) atoms. The quantitative estimate of drug-likeness (QED) is 0.721. The van der Waals surface area contributed by atoms with E-state index in [1.807, 2.05) is 6.07 Å². The molecule has 0 radical (unpaired) electrons. The lowest BCUT2D eigenvalue weighted by atomic mass is 9.55. The van der Waals surface area contributed by atoms with Crippen LogP contribution in [0.2, 0.25) is 0 Å². The van der Waals surface area contributed by atoms with Crippen molar-refractivity contribution < 1.29 is 14.9 Å². The van der Waals surface area contributed by atoms with E-state index >= 15 is 0 Å². The van der Waals surface area contributed by atoms with Crippen molar-refractivity contribution in [2.45, 2.75) is 56.8 Å². The van der Waals surface area contributed by atoms with Gasteiger partial charge < -0.3 is 14.9 Å². The highest BCUT2D eigenvalue weighted by atomic mass is 16.6. The van der Waals surface area contributed by atoms with E-state index < -0.39 is 0 Å². The molecule has 6 atom stereocenters. The Kier molecular flexibility index (Phi) is 2.16. The van der Waals surface area contributed by atoms with Gasteiger partial charge in [0.15, 0.2) is 0 Å². The van der Waals surface area contributed by atoms with Crippen LogP contribution in [0.15, 0.2) is 18.2 Å². The molecular formula is C18H22O3. The molecule has 112 valence electrons. The third kappa shape index (κ3) is 1.33. The SMILES string of the molecule is C[C@]12C[C@H]3O[C@]34c3ccc(O)cc3CC[C@@H]4[C@@H]1CC[C@@H]2O. The molecule has 0 bridgehead atoms. The molecule has 0 unspecified atom stereocenters. The molecule has 3 heteroatoms. The summed E-state index contributed by atoms with van der Waals surface area (Å²) < 4.78 is 6.29. The van der Waals surface area contributed by atoms with E-state index in [0.717, 1.165) is 32.1 Å². The van der Waals surface area contributed by atoms with Crippen LogP contribution in [0.5, 0.6) is 5.75 Å². The van der Waals surface area contributed by atoms with Gasteiger partial charge in [-0.15, -0.1) is 0 Å². The summed E-state index contributed by atoms with van der Waals surface area (Å²) in [5, 5.41) is 20.2. The Morgan fingerprint density at radius 3 is 2.90 bits per heavy atom. The molecule has 1 aliphatic heterocycles. The zero-order valence-electron chi connectivity index (χ0n) is 12.4. The Morgan fingerprint density at radius 2 is 2.05 bits per heavy atom. The van der Waals surface area contributed by atoms with Gasteiger partial charge in [0.1, 0.15) is 11.4 Å². The van der Waals surface area contributed by atoms with Crippen molar-refractivity contribution in [2.75, 3.05) is 0 Å². The largest absolute Gasteiger partial charge is 0.508 e. The van der Waals surface area contributed by atoms with E-state index in [2.05, 4.69) is 13.0 Å². The highest BCUT2D eigenvalue weighted by Crippen LogP contribution is 2.71. The molecule has 3 fully saturated rings. The summed E-state index contributed by atoms with van der Waals surface area (Å²) in [6.07, 6.45) is 5.31. The minimum absolute atomic E-state index is 0.0454. The van der Waals surface area contributed by atoms with E-state index in [0.29, 0.717) is 17.6 Å². The zero-order valence-corrected chi connectivity index (χ0v) is 12.4. The van der Waals surface area contributed by atoms with E-state index in [1.54, 1.807) is 6.07 Å². The summed E-state index contributed by atoms with van der Waals surface area (Å²) in [4.78, 5) is 0. The maximum Gasteiger partial charge on any atom is 0.123 e. The number of benzene rings is 1. The van der Waals surface area contributed by atoms with Crippen LogP contribution in [-0.4, -0.2) is 22.4 Å². The van der Waals surface area contributed by atoms with Crippen molar-refractivity contribution in [1.29, 1.82) is 0 Å². The van der Waals surface area contributed by atoms with Crippen LogP contribution in [0.1, 0.15) is 43.7 Å². The molecule has 1 aromatic rings. The van der Waals surface area contributed by atoms with E-state index in [1.165, 1.54) is 11.1 Å². The van der Waals surface area contributed by atoms with Crippen LogP contribution in [0, 0.1) is 17.3 Å². The van der Waals surface area contributed by atoms with E-state index in [4.69, 9.17) is 4.74 Å². The first-order chi connectivity index (χ1) is 10.1. The van der Waals surface area contributed by atoms with Crippen LogP contribution in [-0.2, 0) is 16.8 Å². The van der Waals surface area contributed by atoms with Crippen molar-refractivity contribution in [3.63, 3.8) is 0 Å². The van der Waals surface area contributed by atoms with E-state index in [9.17, 15) is 10.2 Å². The molecule has 1 aromatic carbocycles. The third-order valence-corrected chi connectivity index (χ3v) is 7.01. The standard InChI is InChI=1S/C18H22O3/c1-17-9-16-18(21-16)12-5-3-11(19)8-10(12)2-4-14(18)13(17)6-7-15(17)20/h3,5,8,13-16,19-20H,2,4,6-7,9H2,1H3/t13-,14+,15-,16+,17-,18-/m0/s1. The van der Waals surface area contributed by atoms with Gasteiger partial charge in [-0.05, 0) is 72.6 Å². The number of phenolic OH excluding ortho intramolecular Hbond substituents is 1. The summed E-state index contributed by atoms with van der Waals surface area (Å²) >= 11 is 0. The molecule has 5 rings (SSSR count). The number of hydrogen-bond donors (Lipinski definition) is 2. The first-order valence-electron chi connectivity index (χ1n) is 8.24. The van der Waals surface area contributed by atoms with Crippen LogP contribution >= 0.6 is 0 Å². The molecule has 2 N–H and O–H groups in total. The van der Waals surface area contributed by atoms with Crippen molar-refractivity contribution in [3.8, 4) is 5.75 Å². The van der Waals surface area contributed by atoms with Crippen molar-refractivity contribution in [1.82, 2.24) is 0 Å². The molecule has 0 amide bonds. The lowest BCUT2D eigenvalue weighted by Gasteiger charge is -2.47. The number of phenols is 1. The summed E-state index contributed by atoms with van der Waals surface area (Å²) in [6.45, 7) is 2.27. The van der Waals surface area contributed by atoms with Crippen LogP contribution in [0.4, 0.5) is 0 Å². The number of epoxide rings is 1. The highest BCUT2D eigenvalue weighted by Gasteiger charge is 2.73. The van der Waals surface area contributed by atoms with Crippen LogP contribution < -0.4 is 0 Å². The third-order valence-electron chi connectivity index (χ3n) is 7.01. The number of fused-ring (bicyclic) bond motifs is 3. The monoisotopic (exact) mass is 286 g/mol. The first kappa shape index (κ1) is 12.5. The lowest BCUT2D eigenvalue weighted by molar-refractivity contribution is -0.0185. The second-order valence-corrected chi connectivity index (χ2v) is 7.80. The first-order valence-corrected chi connectivity index (χ1v) is 8.24. The predicted octanol–water partition coefficient (Wildman–Crippen LogP) is 2.73. The Hall–Kier alpha value is -1.06. The minimum atomic E-state index is -0.161. The molecule has 4 aliphatic rings. The summed E-state index contributed by atoms with van der Waals surface area (Å²) in [7, 11) is 0. The van der Waals surface area contributed by atoms with Gasteiger partial charge in [-0.2, -0.15) is 0 Å². The molecule has 1 spiro atoms. The fourth-order valence-electron chi connectivity index (χ4n) is 5.94. The van der Waals surface area contributed by atoms with Crippen molar-refractivity contribution in [2.24, 2.45) is 17.3 Å². The summed E-state index contributed by atoms with van der Waals surface area (Å²) in [5.41, 5.74) is 2.51. The number of aliphatic hydroxyl groups is 1. The topological polar surface area (TPSA) is 53.0 Å². The Bertz CT molecular complexity index is 627. The molecule has 1 saturated heterocycles. The highest BCUT2D eigenvalue weighted by molar-refractivity contribution is 5.46. The molecular weight excluding hydrogens is 264 g/mol. The van der Waals surface area contributed by atoms with Gasteiger partial charge >= 0.3 is 0 Å². The van der Waals surface area contributed by atoms with E-state index in [-0.39, 0.29) is 23.2 Å². The summed E-state index contributed by atoms with van der Waals surface area (Å²) in [6, 6.07) is 5.78. The van der Waals surface area contributed by atoms with Gasteiger partial charge in [-0.25, -0.2) is 0 Å². The number of aliphatic hydroxyl groups excluding tert-OH is 1. The lowest BCUT2D eigenvalue weighted by Crippen LogP contribution is -2.48. The average molecular weight is 286 g/mol. The Morgan fingerprint density at radius 1 is 1.19 bits per heavy atom. The molecule has 3 aliphatic carbocycles. The van der Waals surface area contributed by atoms with Crippen molar-refractivity contribution >= 4 is 0 Å². The van der Waals surface area contributed by atoms with Gasteiger partial charge in [-0.1, -0.05) is 13.0 Å². The second kappa shape index (κ2) is 3.64. The smallest absolute Gasteiger partial charge is 0.123 e.